The van der Waals surface area contributed by atoms with E-state index < -0.39 is 11.5 Å². The summed E-state index contributed by atoms with van der Waals surface area (Å²) in [4.78, 5) is 19.5. The van der Waals surface area contributed by atoms with Gasteiger partial charge in [0.15, 0.2) is 0 Å². The molecule has 0 aliphatic heterocycles. The van der Waals surface area contributed by atoms with Crippen LogP contribution in [0.15, 0.2) is 23.3 Å². The maximum Gasteiger partial charge on any atom is 0.356 e. The quantitative estimate of drug-likeness (QED) is 0.805. The fourth-order valence-electron chi connectivity index (χ4n) is 1.83. The minimum Gasteiger partial charge on any atom is -0.399 e. The predicted molar refractivity (Wildman–Crippen MR) is 70.9 cm³/mol. The van der Waals surface area contributed by atoms with Crippen molar-refractivity contribution in [2.24, 2.45) is 0 Å². The van der Waals surface area contributed by atoms with Gasteiger partial charge in [0.05, 0.1) is 5.69 Å². The number of nitrogen functional groups attached to an aromatic ring is 1. The van der Waals surface area contributed by atoms with Gasteiger partial charge in [-0.2, -0.15) is 4.98 Å². The molecule has 0 aliphatic rings. The lowest BCUT2D eigenvalue weighted by Crippen LogP contribution is -2.24. The highest BCUT2D eigenvalue weighted by Gasteiger charge is 2.13. The van der Waals surface area contributed by atoms with Crippen LogP contribution in [0.5, 0.6) is 0 Å². The van der Waals surface area contributed by atoms with E-state index in [1.807, 2.05) is 6.92 Å². The Morgan fingerprint density at radius 3 is 2.79 bits per heavy atom. The third-order valence-corrected chi connectivity index (χ3v) is 2.71. The van der Waals surface area contributed by atoms with Crippen LogP contribution in [0, 0.1) is 5.82 Å². The molecule has 6 nitrogen and oxygen atoms in total. The summed E-state index contributed by atoms with van der Waals surface area (Å²) in [6.45, 7) is 1.85. The Hall–Kier alpha value is -2.44. The van der Waals surface area contributed by atoms with Gasteiger partial charge in [-0.1, -0.05) is 6.92 Å². The Balaban J connectivity index is 2.68. The number of aryl methyl sites for hydroxylation is 1. The summed E-state index contributed by atoms with van der Waals surface area (Å²) in [5.74, 6) is -0.380. The number of rotatable bonds is 3. The van der Waals surface area contributed by atoms with Crippen molar-refractivity contribution in [3.8, 4) is 5.69 Å². The fraction of sp³-hybridized carbons (Fsp3) is 0.250. The highest BCUT2D eigenvalue weighted by molar-refractivity contribution is 5.52. The summed E-state index contributed by atoms with van der Waals surface area (Å²) < 4.78 is 15.1. The van der Waals surface area contributed by atoms with E-state index in [-0.39, 0.29) is 11.6 Å². The van der Waals surface area contributed by atoms with Crippen molar-refractivity contribution in [1.82, 2.24) is 14.5 Å². The van der Waals surface area contributed by atoms with Crippen LogP contribution in [-0.2, 0) is 6.42 Å². The number of nitrogens with one attached hydrogen (secondary N) is 1. The zero-order chi connectivity index (χ0) is 14.0. The van der Waals surface area contributed by atoms with Crippen LogP contribution in [-0.4, -0.2) is 21.6 Å². The summed E-state index contributed by atoms with van der Waals surface area (Å²) in [6.07, 6.45) is 1.78. The number of benzene rings is 1. The molecule has 0 radical (unpaired) electrons. The molecule has 1 heterocycles. The lowest BCUT2D eigenvalue weighted by Gasteiger charge is -2.12. The van der Waals surface area contributed by atoms with E-state index in [4.69, 9.17) is 5.73 Å². The molecule has 0 spiro atoms. The molecule has 0 aliphatic carbocycles. The number of aromatic nitrogens is 3. The Labute approximate surface area is 109 Å². The van der Waals surface area contributed by atoms with E-state index in [0.29, 0.717) is 17.7 Å². The molecule has 0 unspecified atom stereocenters. The Bertz CT molecular complexity index is 668. The zero-order valence-corrected chi connectivity index (χ0v) is 10.6. The normalized spacial score (nSPS) is 10.5. The second-order valence-corrected chi connectivity index (χ2v) is 3.95. The van der Waals surface area contributed by atoms with E-state index in [1.54, 1.807) is 13.1 Å². The molecule has 1 aromatic carbocycles. The average molecular weight is 263 g/mol. The molecular weight excluding hydrogens is 249 g/mol. The average Bonchev–Trinajstić information content (AvgIpc) is 2.38. The first-order valence-corrected chi connectivity index (χ1v) is 5.78. The molecule has 7 heteroatoms. The maximum absolute atomic E-state index is 14.0. The van der Waals surface area contributed by atoms with E-state index >= 15 is 0 Å². The SMILES string of the molecule is CCc1cc(N)cc(F)c1-n1cnc(NC)nc1=O. The smallest absolute Gasteiger partial charge is 0.356 e. The summed E-state index contributed by atoms with van der Waals surface area (Å²) in [5, 5.41) is 2.65. The van der Waals surface area contributed by atoms with Gasteiger partial charge in [-0.25, -0.2) is 18.7 Å². The summed E-state index contributed by atoms with van der Waals surface area (Å²) in [5.41, 5.74) is 6.08. The summed E-state index contributed by atoms with van der Waals surface area (Å²) >= 11 is 0. The molecule has 0 amide bonds. The predicted octanol–water partition coefficient (Wildman–Crippen LogP) is 0.953. The molecule has 0 bridgehead atoms. The lowest BCUT2D eigenvalue weighted by atomic mass is 10.1. The van der Waals surface area contributed by atoms with Gasteiger partial charge < -0.3 is 11.1 Å². The number of hydrogen-bond donors (Lipinski definition) is 2. The van der Waals surface area contributed by atoms with Crippen LogP contribution in [0.3, 0.4) is 0 Å². The van der Waals surface area contributed by atoms with Crippen LogP contribution in [0.4, 0.5) is 16.0 Å². The van der Waals surface area contributed by atoms with Gasteiger partial charge in [0, 0.05) is 12.7 Å². The molecule has 0 fully saturated rings. The number of hydrogen-bond acceptors (Lipinski definition) is 5. The van der Waals surface area contributed by atoms with Crippen molar-refractivity contribution in [3.63, 3.8) is 0 Å². The van der Waals surface area contributed by atoms with Crippen molar-refractivity contribution in [3.05, 3.63) is 40.3 Å². The molecule has 0 saturated heterocycles. The summed E-state index contributed by atoms with van der Waals surface area (Å²) in [6, 6.07) is 2.81. The summed E-state index contributed by atoms with van der Waals surface area (Å²) in [7, 11) is 1.60. The second-order valence-electron chi connectivity index (χ2n) is 3.95. The van der Waals surface area contributed by atoms with E-state index in [0.717, 1.165) is 4.57 Å². The van der Waals surface area contributed by atoms with Crippen molar-refractivity contribution >= 4 is 11.6 Å². The first-order chi connectivity index (χ1) is 9.06. The molecule has 3 N–H and O–H groups in total. The fourth-order valence-corrected chi connectivity index (χ4v) is 1.83. The molecule has 2 rings (SSSR count). The van der Waals surface area contributed by atoms with Crippen molar-refractivity contribution < 1.29 is 4.39 Å². The number of nitrogens with two attached hydrogens (primary N) is 1. The highest BCUT2D eigenvalue weighted by Crippen LogP contribution is 2.21. The van der Waals surface area contributed by atoms with Crippen LogP contribution in [0.1, 0.15) is 12.5 Å². The van der Waals surface area contributed by atoms with Crippen LogP contribution < -0.4 is 16.7 Å². The van der Waals surface area contributed by atoms with Gasteiger partial charge in [-0.3, -0.25) is 0 Å². The van der Waals surface area contributed by atoms with Crippen LogP contribution in [0.2, 0.25) is 0 Å². The van der Waals surface area contributed by atoms with E-state index in [9.17, 15) is 9.18 Å². The minimum atomic E-state index is -0.599. The van der Waals surface area contributed by atoms with Gasteiger partial charge in [-0.05, 0) is 24.1 Å². The lowest BCUT2D eigenvalue weighted by molar-refractivity contribution is 0.610. The molecule has 19 heavy (non-hydrogen) atoms. The number of halogens is 1. The van der Waals surface area contributed by atoms with Crippen LogP contribution in [0.25, 0.3) is 5.69 Å². The Morgan fingerprint density at radius 2 is 2.21 bits per heavy atom. The van der Waals surface area contributed by atoms with Gasteiger partial charge >= 0.3 is 5.69 Å². The Morgan fingerprint density at radius 1 is 1.47 bits per heavy atom. The molecule has 0 saturated carbocycles. The monoisotopic (exact) mass is 263 g/mol. The van der Waals surface area contributed by atoms with Gasteiger partial charge in [0.2, 0.25) is 5.95 Å². The standard InChI is InChI=1S/C12H14FN5O/c1-3-7-4-8(14)5-9(13)10(7)18-6-16-11(15-2)17-12(18)19/h4-6H,3,14H2,1-2H3,(H,15,17,19). The third kappa shape index (κ3) is 2.40. The van der Waals surface area contributed by atoms with E-state index in [1.165, 1.54) is 12.4 Å². The second kappa shape index (κ2) is 5.05. The minimum absolute atomic E-state index is 0.143. The number of anilines is 2. The van der Waals surface area contributed by atoms with Gasteiger partial charge in [0.25, 0.3) is 0 Å². The molecule has 0 atom stereocenters. The van der Waals surface area contributed by atoms with E-state index in [2.05, 4.69) is 15.3 Å². The third-order valence-electron chi connectivity index (χ3n) is 2.71. The first kappa shape index (κ1) is 13.0. The first-order valence-electron chi connectivity index (χ1n) is 5.78. The Kier molecular flexibility index (Phi) is 3.46. The highest BCUT2D eigenvalue weighted by atomic mass is 19.1. The van der Waals surface area contributed by atoms with Crippen molar-refractivity contribution in [1.29, 1.82) is 0 Å². The maximum atomic E-state index is 14.0. The van der Waals surface area contributed by atoms with Crippen molar-refractivity contribution in [2.45, 2.75) is 13.3 Å². The number of nitrogens with zero attached hydrogens (tertiary/aromatic N) is 3. The van der Waals surface area contributed by atoms with Gasteiger partial charge in [0.1, 0.15) is 12.1 Å². The topological polar surface area (TPSA) is 85.8 Å². The van der Waals surface area contributed by atoms with Crippen molar-refractivity contribution in [2.75, 3.05) is 18.1 Å². The van der Waals surface area contributed by atoms with Crippen LogP contribution >= 0.6 is 0 Å². The molecule has 100 valence electrons. The molecule has 2 aromatic rings. The largest absolute Gasteiger partial charge is 0.399 e. The molecular formula is C12H14FN5O. The zero-order valence-electron chi connectivity index (χ0n) is 10.6. The van der Waals surface area contributed by atoms with Gasteiger partial charge in [-0.15, -0.1) is 0 Å². The molecule has 1 aromatic heterocycles.